The largest absolute Gasteiger partial charge is 0.492 e. The van der Waals surface area contributed by atoms with Crippen LogP contribution in [0.2, 0.25) is 5.02 Å². The minimum atomic E-state index is -0.412. The standard InChI is InChI=1S/C18H18ClN5O2S/c1-3-26-16-7-5-4-6-15(16)24-18(21-22-23-24)27-12(2)17(25)20-14-10-8-13(19)9-11-14/h4-12H,3H2,1-2H3,(H,20,25)/t12-/m1/s1. The molecule has 0 bridgehead atoms. The minimum Gasteiger partial charge on any atom is -0.492 e. The SMILES string of the molecule is CCOc1ccccc1-n1nnnc1S[C@H](C)C(=O)Nc1ccc(Cl)cc1. The van der Waals surface area contributed by atoms with Crippen LogP contribution < -0.4 is 10.1 Å². The number of tetrazole rings is 1. The second-order valence-corrected chi connectivity index (χ2v) is 7.27. The van der Waals surface area contributed by atoms with E-state index in [0.29, 0.717) is 28.2 Å². The fourth-order valence-electron chi connectivity index (χ4n) is 2.30. The lowest BCUT2D eigenvalue weighted by atomic mass is 10.3. The molecule has 1 N–H and O–H groups in total. The van der Waals surface area contributed by atoms with E-state index < -0.39 is 5.25 Å². The van der Waals surface area contributed by atoms with Gasteiger partial charge in [0.1, 0.15) is 11.4 Å². The molecule has 7 nitrogen and oxygen atoms in total. The number of para-hydroxylation sites is 2. The fraction of sp³-hybridized carbons (Fsp3) is 0.222. The zero-order valence-corrected chi connectivity index (χ0v) is 16.4. The summed E-state index contributed by atoms with van der Waals surface area (Å²) >= 11 is 7.13. The number of hydrogen-bond donors (Lipinski definition) is 1. The number of amides is 1. The molecule has 1 atom stereocenters. The highest BCUT2D eigenvalue weighted by Crippen LogP contribution is 2.28. The summed E-state index contributed by atoms with van der Waals surface area (Å²) < 4.78 is 7.21. The van der Waals surface area contributed by atoms with Gasteiger partial charge < -0.3 is 10.1 Å². The van der Waals surface area contributed by atoms with E-state index in [2.05, 4.69) is 20.8 Å². The second-order valence-electron chi connectivity index (χ2n) is 5.53. The average molecular weight is 404 g/mol. The number of aromatic nitrogens is 4. The van der Waals surface area contributed by atoms with E-state index in [1.807, 2.05) is 31.2 Å². The van der Waals surface area contributed by atoms with E-state index >= 15 is 0 Å². The van der Waals surface area contributed by atoms with E-state index in [-0.39, 0.29) is 5.91 Å². The van der Waals surface area contributed by atoms with Crippen LogP contribution in [-0.4, -0.2) is 38.0 Å². The van der Waals surface area contributed by atoms with Crippen LogP contribution in [0.1, 0.15) is 13.8 Å². The Hall–Kier alpha value is -2.58. The molecule has 1 aromatic heterocycles. The number of hydrogen-bond acceptors (Lipinski definition) is 6. The predicted octanol–water partition coefficient (Wildman–Crippen LogP) is 3.83. The summed E-state index contributed by atoms with van der Waals surface area (Å²) in [6.07, 6.45) is 0. The molecule has 3 rings (SSSR count). The highest BCUT2D eigenvalue weighted by atomic mass is 35.5. The van der Waals surface area contributed by atoms with E-state index in [0.717, 1.165) is 5.69 Å². The van der Waals surface area contributed by atoms with Crippen molar-refractivity contribution in [3.8, 4) is 11.4 Å². The molecule has 0 aliphatic rings. The van der Waals surface area contributed by atoms with Gasteiger partial charge in [-0.2, -0.15) is 4.68 Å². The van der Waals surface area contributed by atoms with Crippen LogP contribution in [0.5, 0.6) is 5.75 Å². The summed E-state index contributed by atoms with van der Waals surface area (Å²) in [5.41, 5.74) is 1.40. The molecule has 0 saturated carbocycles. The van der Waals surface area contributed by atoms with Gasteiger partial charge in [-0.3, -0.25) is 4.79 Å². The Bertz CT molecular complexity index is 916. The number of carbonyl (C=O) groups is 1. The fourth-order valence-corrected chi connectivity index (χ4v) is 3.23. The van der Waals surface area contributed by atoms with Crippen molar-refractivity contribution in [1.29, 1.82) is 0 Å². The number of anilines is 1. The molecular weight excluding hydrogens is 386 g/mol. The van der Waals surface area contributed by atoms with Gasteiger partial charge in [-0.25, -0.2) is 0 Å². The van der Waals surface area contributed by atoms with Crippen molar-refractivity contribution in [2.45, 2.75) is 24.3 Å². The third-order valence-corrected chi connectivity index (χ3v) is 4.88. The molecule has 9 heteroatoms. The molecule has 0 saturated heterocycles. The lowest BCUT2D eigenvalue weighted by Gasteiger charge is -2.13. The molecule has 2 aromatic carbocycles. The van der Waals surface area contributed by atoms with E-state index in [1.54, 1.807) is 35.9 Å². The third-order valence-electron chi connectivity index (χ3n) is 3.60. The van der Waals surface area contributed by atoms with Crippen LogP contribution in [0.15, 0.2) is 53.7 Å². The van der Waals surface area contributed by atoms with Crippen molar-refractivity contribution in [3.63, 3.8) is 0 Å². The van der Waals surface area contributed by atoms with Gasteiger partial charge in [0.2, 0.25) is 11.1 Å². The van der Waals surface area contributed by atoms with Gasteiger partial charge in [-0.05, 0) is 60.7 Å². The number of benzene rings is 2. The summed E-state index contributed by atoms with van der Waals surface area (Å²) in [5, 5.41) is 15.4. The second kappa shape index (κ2) is 8.88. The summed E-state index contributed by atoms with van der Waals surface area (Å²) in [4.78, 5) is 12.5. The molecule has 1 amide bonds. The molecule has 140 valence electrons. The van der Waals surface area contributed by atoms with Gasteiger partial charge in [0.05, 0.1) is 11.9 Å². The molecule has 3 aromatic rings. The maximum absolute atomic E-state index is 12.5. The van der Waals surface area contributed by atoms with Crippen LogP contribution in [-0.2, 0) is 4.79 Å². The summed E-state index contributed by atoms with van der Waals surface area (Å²) in [6, 6.07) is 14.4. The quantitative estimate of drug-likeness (QED) is 0.603. The Morgan fingerprint density at radius 1 is 1.26 bits per heavy atom. The van der Waals surface area contributed by atoms with Crippen molar-refractivity contribution in [2.24, 2.45) is 0 Å². The predicted molar refractivity (Wildman–Crippen MR) is 106 cm³/mol. The van der Waals surface area contributed by atoms with E-state index in [9.17, 15) is 4.79 Å². The molecule has 27 heavy (non-hydrogen) atoms. The smallest absolute Gasteiger partial charge is 0.237 e. The number of halogens is 1. The zero-order chi connectivity index (χ0) is 19.2. The van der Waals surface area contributed by atoms with Gasteiger partial charge in [0.25, 0.3) is 0 Å². The van der Waals surface area contributed by atoms with Crippen molar-refractivity contribution < 1.29 is 9.53 Å². The van der Waals surface area contributed by atoms with Crippen molar-refractivity contribution in [1.82, 2.24) is 20.2 Å². The molecule has 0 radical (unpaired) electrons. The Morgan fingerprint density at radius 2 is 2.00 bits per heavy atom. The molecule has 0 fully saturated rings. The first kappa shape index (κ1) is 19.2. The van der Waals surface area contributed by atoms with Gasteiger partial charge in [-0.15, -0.1) is 5.10 Å². The topological polar surface area (TPSA) is 81.9 Å². The Kier molecular flexibility index (Phi) is 6.31. The first-order valence-electron chi connectivity index (χ1n) is 8.32. The van der Waals surface area contributed by atoms with E-state index in [1.165, 1.54) is 11.8 Å². The van der Waals surface area contributed by atoms with E-state index in [4.69, 9.17) is 16.3 Å². The maximum Gasteiger partial charge on any atom is 0.237 e. The van der Waals surface area contributed by atoms with Gasteiger partial charge in [-0.1, -0.05) is 35.5 Å². The van der Waals surface area contributed by atoms with Gasteiger partial charge in [0.15, 0.2) is 0 Å². The Balaban J connectivity index is 1.74. The van der Waals surface area contributed by atoms with Crippen molar-refractivity contribution in [3.05, 3.63) is 53.6 Å². The Morgan fingerprint density at radius 3 is 2.74 bits per heavy atom. The monoisotopic (exact) mass is 403 g/mol. The van der Waals surface area contributed by atoms with Crippen molar-refractivity contribution in [2.75, 3.05) is 11.9 Å². The third kappa shape index (κ3) is 4.78. The van der Waals surface area contributed by atoms with Gasteiger partial charge in [0, 0.05) is 10.7 Å². The normalized spacial score (nSPS) is 11.8. The molecule has 0 unspecified atom stereocenters. The number of rotatable bonds is 7. The van der Waals surface area contributed by atoms with Crippen LogP contribution in [0.4, 0.5) is 5.69 Å². The number of nitrogens with zero attached hydrogens (tertiary/aromatic N) is 4. The number of nitrogens with one attached hydrogen (secondary N) is 1. The highest BCUT2D eigenvalue weighted by Gasteiger charge is 2.20. The molecule has 0 spiro atoms. The number of thioether (sulfide) groups is 1. The minimum absolute atomic E-state index is 0.157. The van der Waals surface area contributed by atoms with Crippen LogP contribution in [0.25, 0.3) is 5.69 Å². The average Bonchev–Trinajstić information content (AvgIpc) is 3.12. The summed E-state index contributed by atoms with van der Waals surface area (Å²) in [6.45, 7) is 4.24. The lowest BCUT2D eigenvalue weighted by molar-refractivity contribution is -0.115. The Labute approximate surface area is 166 Å². The number of ether oxygens (including phenoxy) is 1. The van der Waals surface area contributed by atoms with Crippen LogP contribution >= 0.6 is 23.4 Å². The molecular formula is C18H18ClN5O2S. The molecule has 1 heterocycles. The maximum atomic E-state index is 12.5. The van der Waals surface area contributed by atoms with Crippen molar-refractivity contribution >= 4 is 35.0 Å². The highest BCUT2D eigenvalue weighted by molar-refractivity contribution is 8.00. The zero-order valence-electron chi connectivity index (χ0n) is 14.8. The van der Waals surface area contributed by atoms with Crippen LogP contribution in [0, 0.1) is 0 Å². The van der Waals surface area contributed by atoms with Gasteiger partial charge >= 0.3 is 0 Å². The number of carbonyl (C=O) groups excluding carboxylic acids is 1. The van der Waals surface area contributed by atoms with Crippen LogP contribution in [0.3, 0.4) is 0 Å². The lowest BCUT2D eigenvalue weighted by Crippen LogP contribution is -2.22. The molecule has 0 aliphatic carbocycles. The first-order valence-corrected chi connectivity index (χ1v) is 9.58. The summed E-state index contributed by atoms with van der Waals surface area (Å²) in [7, 11) is 0. The summed E-state index contributed by atoms with van der Waals surface area (Å²) in [5.74, 6) is 0.516. The molecule has 0 aliphatic heterocycles. The first-order chi connectivity index (χ1) is 13.1.